The zero-order valence-corrected chi connectivity index (χ0v) is 9.00. The monoisotopic (exact) mass is 211 g/mol. The lowest BCUT2D eigenvalue weighted by molar-refractivity contribution is 0.524. The number of nitrogen functional groups attached to an aromatic ring is 1. The fourth-order valence-corrected chi connectivity index (χ4v) is 1.25. The third kappa shape index (κ3) is 2.95. The van der Waals surface area contributed by atoms with Crippen molar-refractivity contribution in [2.24, 2.45) is 5.73 Å². The van der Waals surface area contributed by atoms with Gasteiger partial charge in [0.2, 0.25) is 0 Å². The number of hydrogen-bond donors (Lipinski definition) is 4. The Bertz CT molecular complexity index is 384. The largest absolute Gasteiger partial charge is 0.391 e. The molecule has 1 aromatic heterocycles. The quantitative estimate of drug-likeness (QED) is 0.555. The van der Waals surface area contributed by atoms with Gasteiger partial charge in [0.15, 0.2) is 5.82 Å². The van der Waals surface area contributed by atoms with Gasteiger partial charge in [-0.15, -0.1) is 0 Å². The highest BCUT2D eigenvalue weighted by molar-refractivity contribution is 5.59. The number of aromatic nitrogens is 2. The van der Waals surface area contributed by atoms with Gasteiger partial charge in [-0.1, -0.05) is 0 Å². The standard InChI is InChI=1S/C9H17N5O/c1-9(2,3-4-10)14-7-6(11)8(15)13-5-12-7/h5H,3-4,10-11H2,1-2H3,(H2,12,13,14,15). The van der Waals surface area contributed by atoms with E-state index in [2.05, 4.69) is 15.3 Å². The highest BCUT2D eigenvalue weighted by Gasteiger charge is 2.18. The van der Waals surface area contributed by atoms with Crippen molar-refractivity contribution in [1.29, 1.82) is 0 Å². The number of hydrogen-bond acceptors (Lipinski definition) is 5. The van der Waals surface area contributed by atoms with Crippen LogP contribution in [0.3, 0.4) is 0 Å². The molecule has 0 spiro atoms. The normalized spacial score (nSPS) is 11.4. The first-order chi connectivity index (χ1) is 6.96. The Morgan fingerprint density at radius 3 is 2.87 bits per heavy atom. The topological polar surface area (TPSA) is 110 Å². The molecule has 0 saturated heterocycles. The fourth-order valence-electron chi connectivity index (χ4n) is 1.25. The van der Waals surface area contributed by atoms with Gasteiger partial charge in [-0.3, -0.25) is 4.79 Å². The molecular weight excluding hydrogens is 194 g/mol. The molecule has 6 nitrogen and oxygen atoms in total. The van der Waals surface area contributed by atoms with E-state index in [4.69, 9.17) is 11.5 Å². The Hall–Kier alpha value is -1.56. The van der Waals surface area contributed by atoms with Crippen LogP contribution >= 0.6 is 0 Å². The Morgan fingerprint density at radius 2 is 2.27 bits per heavy atom. The first-order valence-corrected chi connectivity index (χ1v) is 4.78. The molecule has 0 fully saturated rings. The molecule has 0 bridgehead atoms. The number of rotatable bonds is 4. The van der Waals surface area contributed by atoms with Crippen molar-refractivity contribution < 1.29 is 0 Å². The van der Waals surface area contributed by atoms with Gasteiger partial charge in [0.05, 0.1) is 6.33 Å². The van der Waals surface area contributed by atoms with Crippen LogP contribution in [0.1, 0.15) is 20.3 Å². The van der Waals surface area contributed by atoms with Crippen molar-refractivity contribution in [3.8, 4) is 0 Å². The van der Waals surface area contributed by atoms with Gasteiger partial charge >= 0.3 is 0 Å². The molecule has 0 aromatic carbocycles. The third-order valence-electron chi connectivity index (χ3n) is 2.12. The first kappa shape index (κ1) is 11.5. The van der Waals surface area contributed by atoms with E-state index in [0.717, 1.165) is 6.42 Å². The van der Waals surface area contributed by atoms with Crippen LogP contribution in [-0.2, 0) is 0 Å². The number of nitrogens with two attached hydrogens (primary N) is 2. The van der Waals surface area contributed by atoms with Crippen LogP contribution < -0.4 is 22.3 Å². The fraction of sp³-hybridized carbons (Fsp3) is 0.556. The van der Waals surface area contributed by atoms with E-state index >= 15 is 0 Å². The lowest BCUT2D eigenvalue weighted by Gasteiger charge is -2.26. The molecule has 0 amide bonds. The van der Waals surface area contributed by atoms with Crippen molar-refractivity contribution in [3.63, 3.8) is 0 Å². The minimum Gasteiger partial charge on any atom is -0.391 e. The van der Waals surface area contributed by atoms with Crippen LogP contribution in [0.5, 0.6) is 0 Å². The number of H-pyrrole nitrogens is 1. The van der Waals surface area contributed by atoms with Crippen molar-refractivity contribution in [2.45, 2.75) is 25.8 Å². The molecule has 15 heavy (non-hydrogen) atoms. The van der Waals surface area contributed by atoms with E-state index in [1.807, 2.05) is 13.8 Å². The minimum atomic E-state index is -0.337. The summed E-state index contributed by atoms with van der Waals surface area (Å²) in [5.74, 6) is 0.400. The molecule has 0 saturated carbocycles. The maximum absolute atomic E-state index is 11.2. The van der Waals surface area contributed by atoms with Gasteiger partial charge in [-0.2, -0.15) is 0 Å². The minimum absolute atomic E-state index is 0.0996. The summed E-state index contributed by atoms with van der Waals surface area (Å²) in [5, 5.41) is 3.09. The van der Waals surface area contributed by atoms with Crippen molar-refractivity contribution >= 4 is 11.5 Å². The van der Waals surface area contributed by atoms with E-state index in [1.54, 1.807) is 0 Å². The molecule has 1 rings (SSSR count). The molecule has 1 heterocycles. The van der Waals surface area contributed by atoms with Gasteiger partial charge in [0, 0.05) is 5.54 Å². The molecule has 6 heteroatoms. The average molecular weight is 211 g/mol. The zero-order valence-electron chi connectivity index (χ0n) is 9.00. The summed E-state index contributed by atoms with van der Waals surface area (Å²) in [6.07, 6.45) is 2.08. The third-order valence-corrected chi connectivity index (χ3v) is 2.12. The van der Waals surface area contributed by atoms with Gasteiger partial charge in [0.1, 0.15) is 5.69 Å². The summed E-state index contributed by atoms with van der Waals surface area (Å²) >= 11 is 0. The maximum Gasteiger partial charge on any atom is 0.276 e. The van der Waals surface area contributed by atoms with E-state index in [1.165, 1.54) is 6.33 Å². The summed E-state index contributed by atoms with van der Waals surface area (Å²) in [6, 6.07) is 0. The summed E-state index contributed by atoms with van der Waals surface area (Å²) < 4.78 is 0. The van der Waals surface area contributed by atoms with Gasteiger partial charge in [0.25, 0.3) is 5.56 Å². The average Bonchev–Trinajstić information content (AvgIpc) is 2.12. The van der Waals surface area contributed by atoms with E-state index in [9.17, 15) is 4.79 Å². The summed E-state index contributed by atoms with van der Waals surface area (Å²) in [4.78, 5) is 17.6. The summed E-state index contributed by atoms with van der Waals surface area (Å²) in [5.41, 5.74) is 10.6. The molecule has 1 aromatic rings. The van der Waals surface area contributed by atoms with Gasteiger partial charge in [-0.05, 0) is 26.8 Å². The molecule has 84 valence electrons. The molecule has 0 unspecified atom stereocenters. The highest BCUT2D eigenvalue weighted by Crippen LogP contribution is 2.17. The first-order valence-electron chi connectivity index (χ1n) is 4.78. The highest BCUT2D eigenvalue weighted by atomic mass is 16.1. The van der Waals surface area contributed by atoms with E-state index in [0.29, 0.717) is 12.4 Å². The predicted octanol–water partition coefficient (Wildman–Crippen LogP) is -0.109. The number of anilines is 2. The number of nitrogens with zero attached hydrogens (tertiary/aromatic N) is 1. The van der Waals surface area contributed by atoms with Crippen molar-refractivity contribution in [1.82, 2.24) is 9.97 Å². The molecule has 0 aliphatic heterocycles. The Kier molecular flexibility index (Phi) is 3.31. The lowest BCUT2D eigenvalue weighted by atomic mass is 10.0. The lowest BCUT2D eigenvalue weighted by Crippen LogP contribution is -2.35. The SMILES string of the molecule is CC(C)(CCN)Nc1nc[nH]c(=O)c1N. The second-order valence-corrected chi connectivity index (χ2v) is 4.04. The van der Waals surface area contributed by atoms with Gasteiger partial charge in [-0.25, -0.2) is 4.98 Å². The van der Waals surface area contributed by atoms with Gasteiger partial charge < -0.3 is 21.8 Å². The number of nitrogens with one attached hydrogen (secondary N) is 2. The van der Waals surface area contributed by atoms with Crippen molar-refractivity contribution in [3.05, 3.63) is 16.7 Å². The smallest absolute Gasteiger partial charge is 0.276 e. The molecular formula is C9H17N5O. The van der Waals surface area contributed by atoms with Crippen LogP contribution in [0, 0.1) is 0 Å². The van der Waals surface area contributed by atoms with Crippen LogP contribution in [0.25, 0.3) is 0 Å². The molecule has 0 aliphatic carbocycles. The molecule has 0 atom stereocenters. The molecule has 0 radical (unpaired) electrons. The summed E-state index contributed by atoms with van der Waals surface area (Å²) in [6.45, 7) is 4.51. The van der Waals surface area contributed by atoms with Crippen LogP contribution in [0.4, 0.5) is 11.5 Å². The number of aromatic amines is 1. The zero-order chi connectivity index (χ0) is 11.5. The van der Waals surface area contributed by atoms with Crippen LogP contribution in [0.2, 0.25) is 0 Å². The Balaban J connectivity index is 2.90. The molecule has 6 N–H and O–H groups in total. The van der Waals surface area contributed by atoms with E-state index in [-0.39, 0.29) is 16.8 Å². The Morgan fingerprint density at radius 1 is 1.60 bits per heavy atom. The molecule has 0 aliphatic rings. The second kappa shape index (κ2) is 4.31. The Labute approximate surface area is 88.1 Å². The van der Waals surface area contributed by atoms with Crippen LogP contribution in [0.15, 0.2) is 11.1 Å². The predicted molar refractivity (Wildman–Crippen MR) is 60.6 cm³/mol. The summed E-state index contributed by atoms with van der Waals surface area (Å²) in [7, 11) is 0. The van der Waals surface area contributed by atoms with E-state index < -0.39 is 0 Å². The van der Waals surface area contributed by atoms with Crippen molar-refractivity contribution in [2.75, 3.05) is 17.6 Å². The van der Waals surface area contributed by atoms with Crippen LogP contribution in [-0.4, -0.2) is 22.1 Å². The maximum atomic E-state index is 11.2. The second-order valence-electron chi connectivity index (χ2n) is 4.04.